The number of methoxy groups -OCH3 is 1. The third-order valence-corrected chi connectivity index (χ3v) is 2.80. The standard InChI is InChI=1S/C13H19N3O4/c1-8-5-10(16-11(15-8)12(17)18-4)14-6-9-7-19-13(2,3)20-9/h5,9H,6-7H2,1-4H3,(H,14,15,16). The van der Waals surface area contributed by atoms with Gasteiger partial charge in [-0.1, -0.05) is 0 Å². The second-order valence-corrected chi connectivity index (χ2v) is 5.04. The first-order chi connectivity index (χ1) is 9.39. The van der Waals surface area contributed by atoms with E-state index in [-0.39, 0.29) is 11.9 Å². The Bertz CT molecular complexity index is 504. The largest absolute Gasteiger partial charge is 0.463 e. The molecule has 1 aliphatic heterocycles. The lowest BCUT2D eigenvalue weighted by atomic mass is 10.3. The molecule has 0 amide bonds. The number of hydrogen-bond donors (Lipinski definition) is 1. The van der Waals surface area contributed by atoms with Crippen LogP contribution in [-0.4, -0.2) is 48.1 Å². The molecule has 7 heteroatoms. The molecule has 0 aromatic carbocycles. The zero-order chi connectivity index (χ0) is 14.8. The molecule has 1 aromatic heterocycles. The maximum Gasteiger partial charge on any atom is 0.376 e. The quantitative estimate of drug-likeness (QED) is 0.828. The molecule has 2 heterocycles. The fraction of sp³-hybridized carbons (Fsp3) is 0.615. The summed E-state index contributed by atoms with van der Waals surface area (Å²) in [6, 6.07) is 1.76. The summed E-state index contributed by atoms with van der Waals surface area (Å²) in [5, 5.41) is 3.12. The molecule has 1 N–H and O–H groups in total. The van der Waals surface area contributed by atoms with Crippen LogP contribution < -0.4 is 5.32 Å². The molecule has 0 spiro atoms. The molecule has 7 nitrogen and oxygen atoms in total. The Hall–Kier alpha value is -1.73. The number of nitrogens with one attached hydrogen (secondary N) is 1. The van der Waals surface area contributed by atoms with Gasteiger partial charge >= 0.3 is 5.97 Å². The van der Waals surface area contributed by atoms with Gasteiger partial charge in [-0.25, -0.2) is 14.8 Å². The highest BCUT2D eigenvalue weighted by Gasteiger charge is 2.32. The number of esters is 1. The van der Waals surface area contributed by atoms with Gasteiger partial charge in [0.2, 0.25) is 5.82 Å². The predicted octanol–water partition coefficient (Wildman–Crippen LogP) is 1.14. The summed E-state index contributed by atoms with van der Waals surface area (Å²) in [5.74, 6) is -0.506. The van der Waals surface area contributed by atoms with E-state index in [1.807, 2.05) is 13.8 Å². The zero-order valence-electron chi connectivity index (χ0n) is 12.1. The average molecular weight is 281 g/mol. The van der Waals surface area contributed by atoms with E-state index in [4.69, 9.17) is 9.47 Å². The van der Waals surface area contributed by atoms with Gasteiger partial charge in [0, 0.05) is 18.3 Å². The number of ether oxygens (including phenoxy) is 3. The number of carbonyl (C=O) groups excluding carboxylic acids is 1. The van der Waals surface area contributed by atoms with Crippen LogP contribution in [0.4, 0.5) is 5.82 Å². The van der Waals surface area contributed by atoms with Crippen molar-refractivity contribution in [3.8, 4) is 0 Å². The number of aryl methyl sites for hydroxylation is 1. The molecule has 20 heavy (non-hydrogen) atoms. The molecular weight excluding hydrogens is 262 g/mol. The third-order valence-electron chi connectivity index (χ3n) is 2.80. The lowest BCUT2D eigenvalue weighted by Gasteiger charge is -2.17. The van der Waals surface area contributed by atoms with E-state index in [9.17, 15) is 4.79 Å². The van der Waals surface area contributed by atoms with E-state index in [0.717, 1.165) is 0 Å². The van der Waals surface area contributed by atoms with Crippen molar-refractivity contribution >= 4 is 11.8 Å². The van der Waals surface area contributed by atoms with Crippen LogP contribution in [-0.2, 0) is 14.2 Å². The van der Waals surface area contributed by atoms with Crippen LogP contribution in [0.3, 0.4) is 0 Å². The van der Waals surface area contributed by atoms with Crippen LogP contribution in [0, 0.1) is 6.92 Å². The minimum Gasteiger partial charge on any atom is -0.463 e. The highest BCUT2D eigenvalue weighted by molar-refractivity contribution is 5.85. The average Bonchev–Trinajstić information content (AvgIpc) is 2.74. The van der Waals surface area contributed by atoms with E-state index in [2.05, 4.69) is 20.0 Å². The first-order valence-electron chi connectivity index (χ1n) is 6.39. The molecule has 0 radical (unpaired) electrons. The molecule has 0 bridgehead atoms. The normalized spacial score (nSPS) is 20.7. The smallest absolute Gasteiger partial charge is 0.376 e. The van der Waals surface area contributed by atoms with Crippen molar-refractivity contribution in [3.05, 3.63) is 17.6 Å². The van der Waals surface area contributed by atoms with E-state index in [1.165, 1.54) is 7.11 Å². The fourth-order valence-corrected chi connectivity index (χ4v) is 1.92. The fourth-order valence-electron chi connectivity index (χ4n) is 1.92. The number of aromatic nitrogens is 2. The zero-order valence-corrected chi connectivity index (χ0v) is 12.1. The van der Waals surface area contributed by atoms with Crippen LogP contribution in [0.25, 0.3) is 0 Å². The second-order valence-electron chi connectivity index (χ2n) is 5.04. The van der Waals surface area contributed by atoms with Gasteiger partial charge in [-0.2, -0.15) is 0 Å². The van der Waals surface area contributed by atoms with Crippen LogP contribution in [0.5, 0.6) is 0 Å². The van der Waals surface area contributed by atoms with Gasteiger partial charge < -0.3 is 19.5 Å². The maximum atomic E-state index is 11.4. The Balaban J connectivity index is 1.99. The molecule has 0 aliphatic carbocycles. The molecule has 1 fully saturated rings. The van der Waals surface area contributed by atoms with Crippen LogP contribution in [0.2, 0.25) is 0 Å². The molecule has 1 saturated heterocycles. The third kappa shape index (κ3) is 3.64. The number of rotatable bonds is 4. The number of carbonyl (C=O) groups is 1. The van der Waals surface area contributed by atoms with Crippen molar-refractivity contribution in [2.75, 3.05) is 25.6 Å². The monoisotopic (exact) mass is 281 g/mol. The molecule has 1 atom stereocenters. The predicted molar refractivity (Wildman–Crippen MR) is 71.5 cm³/mol. The summed E-state index contributed by atoms with van der Waals surface area (Å²) in [6.07, 6.45) is -0.0538. The van der Waals surface area contributed by atoms with Gasteiger partial charge in [-0.3, -0.25) is 0 Å². The van der Waals surface area contributed by atoms with Gasteiger partial charge in [0.15, 0.2) is 5.79 Å². The van der Waals surface area contributed by atoms with Gasteiger partial charge in [-0.05, 0) is 20.8 Å². The van der Waals surface area contributed by atoms with Crippen molar-refractivity contribution in [3.63, 3.8) is 0 Å². The van der Waals surface area contributed by atoms with Crippen molar-refractivity contribution in [1.29, 1.82) is 0 Å². The van der Waals surface area contributed by atoms with Crippen molar-refractivity contribution in [2.24, 2.45) is 0 Å². The molecule has 1 aromatic rings. The summed E-state index contributed by atoms with van der Waals surface area (Å²) in [6.45, 7) is 6.60. The van der Waals surface area contributed by atoms with Crippen LogP contribution in [0.1, 0.15) is 30.2 Å². The lowest BCUT2D eigenvalue weighted by Crippen LogP contribution is -2.26. The molecule has 0 saturated carbocycles. The number of nitrogens with zero attached hydrogens (tertiary/aromatic N) is 2. The molecule has 2 rings (SSSR count). The molecular formula is C13H19N3O4. The minimum absolute atomic E-state index is 0.0407. The van der Waals surface area contributed by atoms with Crippen LogP contribution >= 0.6 is 0 Å². The summed E-state index contributed by atoms with van der Waals surface area (Å²) >= 11 is 0. The van der Waals surface area contributed by atoms with Crippen LogP contribution in [0.15, 0.2) is 6.07 Å². The lowest BCUT2D eigenvalue weighted by molar-refractivity contribution is -0.136. The molecule has 1 aliphatic rings. The molecule has 1 unspecified atom stereocenters. The number of anilines is 1. The van der Waals surface area contributed by atoms with Crippen molar-refractivity contribution in [1.82, 2.24) is 9.97 Å². The summed E-state index contributed by atoms with van der Waals surface area (Å²) in [7, 11) is 1.30. The minimum atomic E-state index is -0.557. The van der Waals surface area contributed by atoms with E-state index < -0.39 is 11.8 Å². The van der Waals surface area contributed by atoms with Crippen molar-refractivity contribution < 1.29 is 19.0 Å². The topological polar surface area (TPSA) is 82.6 Å². The van der Waals surface area contributed by atoms with E-state index in [0.29, 0.717) is 24.7 Å². The first kappa shape index (κ1) is 14.7. The van der Waals surface area contributed by atoms with Gasteiger partial charge in [-0.15, -0.1) is 0 Å². The highest BCUT2D eigenvalue weighted by Crippen LogP contribution is 2.22. The Labute approximate surface area is 117 Å². The Kier molecular flexibility index (Phi) is 4.20. The highest BCUT2D eigenvalue weighted by atomic mass is 16.7. The Morgan fingerprint density at radius 3 is 2.90 bits per heavy atom. The summed E-state index contributed by atoms with van der Waals surface area (Å²) in [5.41, 5.74) is 0.687. The van der Waals surface area contributed by atoms with Gasteiger partial charge in [0.25, 0.3) is 0 Å². The second kappa shape index (κ2) is 5.72. The van der Waals surface area contributed by atoms with E-state index in [1.54, 1.807) is 13.0 Å². The maximum absolute atomic E-state index is 11.4. The summed E-state index contributed by atoms with van der Waals surface area (Å²) < 4.78 is 15.8. The SMILES string of the molecule is COC(=O)c1nc(C)cc(NCC2COC(C)(C)O2)n1. The van der Waals surface area contributed by atoms with Crippen molar-refractivity contribution in [2.45, 2.75) is 32.7 Å². The van der Waals surface area contributed by atoms with Gasteiger partial charge in [0.05, 0.1) is 13.7 Å². The number of hydrogen-bond acceptors (Lipinski definition) is 7. The summed E-state index contributed by atoms with van der Waals surface area (Å²) in [4.78, 5) is 19.6. The molecule has 110 valence electrons. The first-order valence-corrected chi connectivity index (χ1v) is 6.39. The Morgan fingerprint density at radius 1 is 1.55 bits per heavy atom. The Morgan fingerprint density at radius 2 is 2.30 bits per heavy atom. The van der Waals surface area contributed by atoms with Gasteiger partial charge in [0.1, 0.15) is 11.9 Å². The van der Waals surface area contributed by atoms with E-state index >= 15 is 0 Å².